The minimum absolute atomic E-state index is 0.0730. The summed E-state index contributed by atoms with van der Waals surface area (Å²) < 4.78 is 0. The van der Waals surface area contributed by atoms with Crippen LogP contribution in [0.5, 0.6) is 5.75 Å². The van der Waals surface area contributed by atoms with Crippen LogP contribution in [0.4, 0.5) is 0 Å². The number of benzene rings is 2. The lowest BCUT2D eigenvalue weighted by atomic mass is 10.1. The summed E-state index contributed by atoms with van der Waals surface area (Å²) in [7, 11) is 0. The number of hydrogen-bond donors (Lipinski definition) is 3. The van der Waals surface area contributed by atoms with Gasteiger partial charge in [-0.1, -0.05) is 41.9 Å². The number of amides is 1. The Bertz CT molecular complexity index is 616. The van der Waals surface area contributed by atoms with Crippen molar-refractivity contribution in [3.8, 4) is 5.75 Å². The van der Waals surface area contributed by atoms with Crippen molar-refractivity contribution < 1.29 is 15.0 Å². The zero-order valence-electron chi connectivity index (χ0n) is 11.3. The second kappa shape index (κ2) is 7.11. The molecule has 0 saturated heterocycles. The minimum Gasteiger partial charge on any atom is -0.506 e. The maximum Gasteiger partial charge on any atom is 0.251 e. The molecule has 21 heavy (non-hydrogen) atoms. The van der Waals surface area contributed by atoms with E-state index in [4.69, 9.17) is 11.6 Å². The smallest absolute Gasteiger partial charge is 0.251 e. The number of carbonyl (C=O) groups excluding carboxylic acids is 1. The molecule has 0 bridgehead atoms. The molecule has 5 heteroatoms. The van der Waals surface area contributed by atoms with Crippen LogP contribution in [0, 0.1) is 0 Å². The summed E-state index contributed by atoms with van der Waals surface area (Å²) in [4.78, 5) is 12.1. The summed E-state index contributed by atoms with van der Waals surface area (Å²) in [6.45, 7) is -0.160. The Hall–Kier alpha value is -2.04. The first-order valence-electron chi connectivity index (χ1n) is 6.54. The van der Waals surface area contributed by atoms with Crippen molar-refractivity contribution >= 4 is 17.5 Å². The molecule has 1 atom stereocenters. The number of nitrogens with one attached hydrogen (secondary N) is 1. The second-order valence-corrected chi connectivity index (χ2v) is 5.12. The predicted molar refractivity (Wildman–Crippen MR) is 81.6 cm³/mol. The quantitative estimate of drug-likeness (QED) is 0.794. The second-order valence-electron chi connectivity index (χ2n) is 4.71. The van der Waals surface area contributed by atoms with Gasteiger partial charge in [0, 0.05) is 5.56 Å². The van der Waals surface area contributed by atoms with Crippen LogP contribution < -0.4 is 5.32 Å². The number of rotatable bonds is 5. The molecule has 0 aliphatic rings. The monoisotopic (exact) mass is 305 g/mol. The Morgan fingerprint density at radius 3 is 2.52 bits per heavy atom. The van der Waals surface area contributed by atoms with Gasteiger partial charge in [-0.25, -0.2) is 0 Å². The number of aliphatic hydroxyl groups is 1. The zero-order chi connectivity index (χ0) is 15.2. The molecule has 3 N–H and O–H groups in total. The average Bonchev–Trinajstić information content (AvgIpc) is 2.50. The summed E-state index contributed by atoms with van der Waals surface area (Å²) in [5.74, 6) is -0.414. The first-order chi connectivity index (χ1) is 10.1. The van der Waals surface area contributed by atoms with Crippen LogP contribution in [0.1, 0.15) is 15.9 Å². The van der Waals surface area contributed by atoms with Crippen LogP contribution in [0.25, 0.3) is 0 Å². The Morgan fingerprint density at radius 1 is 1.19 bits per heavy atom. The highest BCUT2D eigenvalue weighted by molar-refractivity contribution is 6.32. The summed E-state index contributed by atoms with van der Waals surface area (Å²) in [5.41, 5.74) is 1.37. The summed E-state index contributed by atoms with van der Waals surface area (Å²) in [5, 5.41) is 21.6. The van der Waals surface area contributed by atoms with E-state index < -0.39 is 0 Å². The third-order valence-corrected chi connectivity index (χ3v) is 3.39. The van der Waals surface area contributed by atoms with E-state index in [1.54, 1.807) is 0 Å². The van der Waals surface area contributed by atoms with E-state index in [0.717, 1.165) is 5.56 Å². The molecule has 2 aromatic carbocycles. The summed E-state index contributed by atoms with van der Waals surface area (Å²) in [6.07, 6.45) is 0.537. The minimum atomic E-state index is -0.382. The Kier molecular flexibility index (Phi) is 5.20. The number of aromatic hydroxyl groups is 1. The lowest BCUT2D eigenvalue weighted by Crippen LogP contribution is -2.39. The first-order valence-corrected chi connectivity index (χ1v) is 6.92. The number of hydrogen-bond acceptors (Lipinski definition) is 3. The van der Waals surface area contributed by atoms with Crippen LogP contribution >= 0.6 is 11.6 Å². The lowest BCUT2D eigenvalue weighted by Gasteiger charge is -2.16. The summed E-state index contributed by atoms with van der Waals surface area (Å²) in [6, 6.07) is 13.5. The van der Waals surface area contributed by atoms with Crippen molar-refractivity contribution in [2.24, 2.45) is 0 Å². The van der Waals surface area contributed by atoms with Gasteiger partial charge >= 0.3 is 0 Å². The molecule has 0 saturated carbocycles. The van der Waals surface area contributed by atoms with Crippen molar-refractivity contribution in [1.82, 2.24) is 5.32 Å². The molecule has 0 fully saturated rings. The third kappa shape index (κ3) is 4.21. The van der Waals surface area contributed by atoms with Gasteiger partial charge in [-0.2, -0.15) is 0 Å². The molecule has 0 heterocycles. The molecule has 2 rings (SSSR count). The van der Waals surface area contributed by atoms with E-state index in [1.165, 1.54) is 18.2 Å². The van der Waals surface area contributed by atoms with Crippen LogP contribution in [0.2, 0.25) is 5.02 Å². The van der Waals surface area contributed by atoms with E-state index >= 15 is 0 Å². The molecule has 4 nitrogen and oxygen atoms in total. The maximum absolute atomic E-state index is 12.1. The average molecular weight is 306 g/mol. The standard InChI is InChI=1S/C16H16ClNO3/c17-14-9-12(6-7-15(14)20)16(21)18-13(10-19)8-11-4-2-1-3-5-11/h1-7,9,13,19-20H,8,10H2,(H,18,21). The van der Waals surface area contributed by atoms with Crippen LogP contribution in [0.3, 0.4) is 0 Å². The van der Waals surface area contributed by atoms with Crippen molar-refractivity contribution in [2.45, 2.75) is 12.5 Å². The number of phenolic OH excluding ortho intramolecular Hbond substituents is 1. The van der Waals surface area contributed by atoms with Gasteiger partial charge in [-0.3, -0.25) is 4.79 Å². The van der Waals surface area contributed by atoms with Crippen LogP contribution in [-0.2, 0) is 6.42 Å². The Labute approximate surface area is 128 Å². The van der Waals surface area contributed by atoms with E-state index in [2.05, 4.69) is 5.32 Å². The normalized spacial score (nSPS) is 11.9. The highest BCUT2D eigenvalue weighted by Crippen LogP contribution is 2.23. The van der Waals surface area contributed by atoms with Crippen LogP contribution in [0.15, 0.2) is 48.5 Å². The zero-order valence-corrected chi connectivity index (χ0v) is 12.0. The van der Waals surface area contributed by atoms with Gasteiger partial charge in [0.05, 0.1) is 17.7 Å². The van der Waals surface area contributed by atoms with Gasteiger partial charge < -0.3 is 15.5 Å². The topological polar surface area (TPSA) is 69.6 Å². The first kappa shape index (κ1) is 15.4. The molecule has 1 amide bonds. The Balaban J connectivity index is 2.04. The lowest BCUT2D eigenvalue weighted by molar-refractivity contribution is 0.0916. The van der Waals surface area contributed by atoms with Gasteiger partial charge in [0.1, 0.15) is 5.75 Å². The fourth-order valence-corrected chi connectivity index (χ4v) is 2.16. The van der Waals surface area contributed by atoms with Gasteiger partial charge in [-0.15, -0.1) is 0 Å². The highest BCUT2D eigenvalue weighted by Gasteiger charge is 2.14. The largest absolute Gasteiger partial charge is 0.506 e. The maximum atomic E-state index is 12.1. The third-order valence-electron chi connectivity index (χ3n) is 3.09. The van der Waals surface area contributed by atoms with Gasteiger partial charge in [0.25, 0.3) is 5.91 Å². The predicted octanol–water partition coefficient (Wildman–Crippen LogP) is 2.38. The van der Waals surface area contributed by atoms with E-state index in [-0.39, 0.29) is 29.3 Å². The van der Waals surface area contributed by atoms with Crippen molar-refractivity contribution in [1.29, 1.82) is 0 Å². The molecular weight excluding hydrogens is 290 g/mol. The number of halogens is 1. The summed E-state index contributed by atoms with van der Waals surface area (Å²) >= 11 is 5.78. The number of carbonyl (C=O) groups is 1. The van der Waals surface area contributed by atoms with Gasteiger partial charge in [-0.05, 0) is 30.2 Å². The molecule has 0 radical (unpaired) electrons. The van der Waals surface area contributed by atoms with Crippen molar-refractivity contribution in [3.05, 3.63) is 64.7 Å². The van der Waals surface area contributed by atoms with Crippen LogP contribution in [-0.4, -0.2) is 28.8 Å². The molecule has 0 aromatic heterocycles. The molecule has 1 unspecified atom stereocenters. The van der Waals surface area contributed by atoms with E-state index in [0.29, 0.717) is 12.0 Å². The van der Waals surface area contributed by atoms with Crippen molar-refractivity contribution in [2.75, 3.05) is 6.61 Å². The fraction of sp³-hybridized carbons (Fsp3) is 0.188. The SMILES string of the molecule is O=C(NC(CO)Cc1ccccc1)c1ccc(O)c(Cl)c1. The Morgan fingerprint density at radius 2 is 1.90 bits per heavy atom. The molecule has 110 valence electrons. The highest BCUT2D eigenvalue weighted by atomic mass is 35.5. The number of phenols is 1. The van der Waals surface area contributed by atoms with E-state index in [1.807, 2.05) is 30.3 Å². The molecule has 0 spiro atoms. The molecule has 0 aliphatic carbocycles. The number of aliphatic hydroxyl groups excluding tert-OH is 1. The molecular formula is C16H16ClNO3. The van der Waals surface area contributed by atoms with Crippen molar-refractivity contribution in [3.63, 3.8) is 0 Å². The van der Waals surface area contributed by atoms with E-state index in [9.17, 15) is 15.0 Å². The van der Waals surface area contributed by atoms with Gasteiger partial charge in [0.15, 0.2) is 0 Å². The molecule has 0 aliphatic heterocycles. The van der Waals surface area contributed by atoms with Gasteiger partial charge in [0.2, 0.25) is 0 Å². The molecule has 2 aromatic rings. The fourth-order valence-electron chi connectivity index (χ4n) is 1.98.